The Hall–Kier alpha value is -3.67. The topological polar surface area (TPSA) is 78.9 Å². The maximum atomic E-state index is 12.9. The molecule has 1 atom stereocenters. The molecular weight excluding hydrogens is 1020 g/mol. The smallest absolute Gasteiger partial charge is 0.306 e. The van der Waals surface area contributed by atoms with Gasteiger partial charge in [-0.05, 0) is 122 Å². The molecule has 6 heteroatoms. The van der Waals surface area contributed by atoms with Gasteiger partial charge in [-0.3, -0.25) is 14.4 Å². The lowest BCUT2D eigenvalue weighted by molar-refractivity contribution is -0.167. The summed E-state index contributed by atoms with van der Waals surface area (Å²) in [5, 5.41) is 0. The van der Waals surface area contributed by atoms with Crippen molar-refractivity contribution in [3.05, 3.63) is 97.2 Å². The number of carbonyl (C=O) groups is 3. The third-order valence-corrected chi connectivity index (χ3v) is 15.5. The maximum Gasteiger partial charge on any atom is 0.306 e. The van der Waals surface area contributed by atoms with Gasteiger partial charge in [0.2, 0.25) is 0 Å². The molecule has 0 bridgehead atoms. The van der Waals surface area contributed by atoms with E-state index in [0.29, 0.717) is 19.3 Å². The first kappa shape index (κ1) is 79.3. The van der Waals surface area contributed by atoms with Crippen LogP contribution in [0.4, 0.5) is 0 Å². The van der Waals surface area contributed by atoms with E-state index in [1.54, 1.807) is 0 Å². The number of rotatable bonds is 65. The lowest BCUT2D eigenvalue weighted by Crippen LogP contribution is -2.30. The molecule has 478 valence electrons. The van der Waals surface area contributed by atoms with Crippen LogP contribution < -0.4 is 0 Å². The van der Waals surface area contributed by atoms with E-state index in [1.165, 1.54) is 193 Å². The second-order valence-corrected chi connectivity index (χ2v) is 23.8. The first-order valence-electron chi connectivity index (χ1n) is 35.7. The van der Waals surface area contributed by atoms with Gasteiger partial charge in [-0.25, -0.2) is 0 Å². The van der Waals surface area contributed by atoms with E-state index in [2.05, 4.69) is 118 Å². The lowest BCUT2D eigenvalue weighted by Gasteiger charge is -2.18. The third-order valence-electron chi connectivity index (χ3n) is 15.5. The van der Waals surface area contributed by atoms with Gasteiger partial charge < -0.3 is 14.2 Å². The Morgan fingerprint density at radius 2 is 0.470 bits per heavy atom. The zero-order chi connectivity index (χ0) is 59.9. The van der Waals surface area contributed by atoms with E-state index in [-0.39, 0.29) is 31.1 Å². The maximum absolute atomic E-state index is 12.9. The van der Waals surface area contributed by atoms with Crippen molar-refractivity contribution in [2.45, 2.75) is 361 Å². The minimum Gasteiger partial charge on any atom is -0.462 e. The Balaban J connectivity index is 4.15. The second kappa shape index (κ2) is 70.8. The van der Waals surface area contributed by atoms with Crippen LogP contribution in [0, 0.1) is 0 Å². The highest BCUT2D eigenvalue weighted by Gasteiger charge is 2.19. The minimum atomic E-state index is -0.787. The molecule has 0 aromatic carbocycles. The van der Waals surface area contributed by atoms with Gasteiger partial charge >= 0.3 is 17.9 Å². The summed E-state index contributed by atoms with van der Waals surface area (Å²) in [6, 6.07) is 0. The number of hydrogen-bond acceptors (Lipinski definition) is 6. The van der Waals surface area contributed by atoms with Crippen molar-refractivity contribution in [1.29, 1.82) is 0 Å². The van der Waals surface area contributed by atoms with Gasteiger partial charge in [0.1, 0.15) is 13.2 Å². The van der Waals surface area contributed by atoms with Gasteiger partial charge in [0, 0.05) is 19.3 Å². The molecule has 0 amide bonds. The standard InChI is InChI=1S/C77H134O6/c1-4-7-10-13-16-19-22-25-28-30-31-32-33-34-35-36-37-38-39-40-41-42-43-44-45-46-47-48-50-52-55-58-61-64-67-70-76(79)82-73-74(72-81-75(78)69-66-63-60-57-54-51-27-24-21-18-15-12-9-6-3)83-77(80)71-68-65-62-59-56-53-49-29-26-23-20-17-14-11-8-5-2/h7,10,16,19-20,23-25,27-29,31-32,34-35,49,74H,4-6,8-9,11-15,17-18,21-22,26,30,33,36-48,50-73H2,1-3H3/b10-7-,19-16-,23-20-,27-24-,28-25-,32-31-,35-34-,49-29-. The largest absolute Gasteiger partial charge is 0.462 e. The summed E-state index contributed by atoms with van der Waals surface area (Å²) in [6.45, 7) is 6.52. The van der Waals surface area contributed by atoms with Gasteiger partial charge in [0.25, 0.3) is 0 Å². The highest BCUT2D eigenvalue weighted by Crippen LogP contribution is 2.17. The number of allylic oxidation sites excluding steroid dienone is 16. The van der Waals surface area contributed by atoms with Crippen LogP contribution in [0.1, 0.15) is 355 Å². The Bertz CT molecular complexity index is 1610. The molecule has 0 rings (SSSR count). The zero-order valence-electron chi connectivity index (χ0n) is 54.9. The second-order valence-electron chi connectivity index (χ2n) is 23.8. The van der Waals surface area contributed by atoms with E-state index in [9.17, 15) is 14.4 Å². The fraction of sp³-hybridized carbons (Fsp3) is 0.753. The number of hydrogen-bond donors (Lipinski definition) is 0. The predicted octanol–water partition coefficient (Wildman–Crippen LogP) is 24.8. The van der Waals surface area contributed by atoms with Crippen LogP contribution in [0.15, 0.2) is 97.2 Å². The molecule has 0 fully saturated rings. The van der Waals surface area contributed by atoms with Crippen LogP contribution in [0.5, 0.6) is 0 Å². The van der Waals surface area contributed by atoms with Crippen LogP contribution in [0.3, 0.4) is 0 Å². The fourth-order valence-electron chi connectivity index (χ4n) is 10.2. The average Bonchev–Trinajstić information content (AvgIpc) is 3.49. The Morgan fingerprint density at radius 1 is 0.253 bits per heavy atom. The van der Waals surface area contributed by atoms with Crippen LogP contribution in [-0.4, -0.2) is 37.2 Å². The van der Waals surface area contributed by atoms with Crippen LogP contribution >= 0.6 is 0 Å². The summed E-state index contributed by atoms with van der Waals surface area (Å²) in [5.74, 6) is -0.887. The van der Waals surface area contributed by atoms with E-state index < -0.39 is 6.10 Å². The highest BCUT2D eigenvalue weighted by molar-refractivity contribution is 5.71. The van der Waals surface area contributed by atoms with Gasteiger partial charge in [0.05, 0.1) is 0 Å². The predicted molar refractivity (Wildman–Crippen MR) is 362 cm³/mol. The van der Waals surface area contributed by atoms with Crippen molar-refractivity contribution in [2.24, 2.45) is 0 Å². The first-order chi connectivity index (χ1) is 41.0. The highest BCUT2D eigenvalue weighted by atomic mass is 16.6. The Morgan fingerprint density at radius 3 is 0.759 bits per heavy atom. The summed E-state index contributed by atoms with van der Waals surface area (Å²) in [5.41, 5.74) is 0. The summed E-state index contributed by atoms with van der Waals surface area (Å²) in [4.78, 5) is 38.4. The van der Waals surface area contributed by atoms with Crippen molar-refractivity contribution in [3.63, 3.8) is 0 Å². The molecule has 0 saturated carbocycles. The number of esters is 3. The van der Waals surface area contributed by atoms with Crippen LogP contribution in [-0.2, 0) is 28.6 Å². The van der Waals surface area contributed by atoms with E-state index in [1.807, 2.05) is 0 Å². The quantitative estimate of drug-likeness (QED) is 0.0261. The number of ether oxygens (including phenoxy) is 3. The third kappa shape index (κ3) is 69.0. The summed E-state index contributed by atoms with van der Waals surface area (Å²) >= 11 is 0. The normalized spacial score (nSPS) is 12.7. The van der Waals surface area contributed by atoms with Crippen molar-refractivity contribution in [1.82, 2.24) is 0 Å². The summed E-state index contributed by atoms with van der Waals surface area (Å²) in [7, 11) is 0. The van der Waals surface area contributed by atoms with Crippen molar-refractivity contribution < 1.29 is 28.6 Å². The summed E-state index contributed by atoms with van der Waals surface area (Å²) < 4.78 is 16.9. The lowest BCUT2D eigenvalue weighted by atomic mass is 10.0. The molecule has 0 radical (unpaired) electrons. The molecular formula is C77H134O6. The molecule has 0 N–H and O–H groups in total. The molecule has 0 aliphatic rings. The van der Waals surface area contributed by atoms with Gasteiger partial charge in [-0.2, -0.15) is 0 Å². The molecule has 0 aromatic rings. The SMILES string of the molecule is CC/C=C\C/C=C\C/C=C\C/C=C\C/C=C\CCCCCCCCCCCCCCCCCCCCCC(=O)OCC(COC(=O)CCCCCCC/C=C\CCCCCCC)OC(=O)CCCCCCC/C=C\C/C=C\CCCCCC. The van der Waals surface area contributed by atoms with E-state index in [4.69, 9.17) is 14.2 Å². The minimum absolute atomic E-state index is 0.0816. The molecule has 0 aliphatic heterocycles. The van der Waals surface area contributed by atoms with Gasteiger partial charge in [-0.15, -0.1) is 0 Å². The summed E-state index contributed by atoms with van der Waals surface area (Å²) in [6.07, 6.45) is 95.9. The molecule has 83 heavy (non-hydrogen) atoms. The molecule has 0 aliphatic carbocycles. The first-order valence-corrected chi connectivity index (χ1v) is 35.7. The molecule has 1 unspecified atom stereocenters. The van der Waals surface area contributed by atoms with Crippen molar-refractivity contribution in [2.75, 3.05) is 13.2 Å². The number of carbonyl (C=O) groups excluding carboxylic acids is 3. The molecule has 0 saturated heterocycles. The molecule has 0 spiro atoms. The Labute approximate surface area is 515 Å². The molecule has 0 heterocycles. The van der Waals surface area contributed by atoms with Crippen LogP contribution in [0.2, 0.25) is 0 Å². The van der Waals surface area contributed by atoms with Gasteiger partial charge in [-0.1, -0.05) is 311 Å². The number of unbranched alkanes of at least 4 members (excludes halogenated alkanes) is 38. The van der Waals surface area contributed by atoms with E-state index >= 15 is 0 Å². The molecule has 6 nitrogen and oxygen atoms in total. The zero-order valence-corrected chi connectivity index (χ0v) is 54.9. The molecule has 0 aromatic heterocycles. The monoisotopic (exact) mass is 1160 g/mol. The van der Waals surface area contributed by atoms with Crippen molar-refractivity contribution >= 4 is 17.9 Å². The fourth-order valence-corrected chi connectivity index (χ4v) is 10.2. The van der Waals surface area contributed by atoms with Crippen LogP contribution in [0.25, 0.3) is 0 Å². The average molecular weight is 1160 g/mol. The van der Waals surface area contributed by atoms with Crippen molar-refractivity contribution in [3.8, 4) is 0 Å². The van der Waals surface area contributed by atoms with Gasteiger partial charge in [0.15, 0.2) is 6.10 Å². The van der Waals surface area contributed by atoms with E-state index in [0.717, 1.165) is 122 Å². The Kier molecular flexibility index (Phi) is 67.7.